The lowest BCUT2D eigenvalue weighted by molar-refractivity contribution is 0.236. The minimum absolute atomic E-state index is 0.756. The molecule has 1 aromatic rings. The smallest absolute Gasteiger partial charge is 0.205 e. The van der Waals surface area contributed by atoms with Crippen molar-refractivity contribution >= 4 is 16.5 Å². The molecule has 1 N–H and O–H groups in total. The summed E-state index contributed by atoms with van der Waals surface area (Å²) in [6, 6.07) is 0.756. The Morgan fingerprint density at radius 1 is 1.40 bits per heavy atom. The lowest BCUT2D eigenvalue weighted by Gasteiger charge is -2.22. The van der Waals surface area contributed by atoms with Gasteiger partial charge >= 0.3 is 0 Å². The maximum atomic E-state index is 4.16. The molecule has 0 unspecified atom stereocenters. The standard InChI is InChI=1S/C10H18N4S/c1-11-10-13-12-9(15-10)7-14(2)8-5-3-4-6-8/h8H,3-7H2,1-2H3,(H,11,13). The molecule has 0 saturated heterocycles. The summed E-state index contributed by atoms with van der Waals surface area (Å²) in [4.78, 5) is 2.41. The van der Waals surface area contributed by atoms with E-state index in [2.05, 4.69) is 27.5 Å². The Morgan fingerprint density at radius 2 is 2.13 bits per heavy atom. The van der Waals surface area contributed by atoms with Crippen LogP contribution in [0.2, 0.25) is 0 Å². The highest BCUT2D eigenvalue weighted by atomic mass is 32.1. The predicted octanol–water partition coefficient (Wildman–Crippen LogP) is 1.95. The molecule has 15 heavy (non-hydrogen) atoms. The van der Waals surface area contributed by atoms with Gasteiger partial charge in [0.05, 0.1) is 6.54 Å². The topological polar surface area (TPSA) is 41.1 Å². The van der Waals surface area contributed by atoms with Crippen LogP contribution in [0.3, 0.4) is 0 Å². The second kappa shape index (κ2) is 4.90. The first-order chi connectivity index (χ1) is 7.29. The SMILES string of the molecule is CNc1nnc(CN(C)C2CCCC2)s1. The summed E-state index contributed by atoms with van der Waals surface area (Å²) in [6.07, 6.45) is 5.45. The van der Waals surface area contributed by atoms with Crippen molar-refractivity contribution in [3.8, 4) is 0 Å². The third kappa shape index (κ3) is 2.66. The molecule has 1 aliphatic carbocycles. The van der Waals surface area contributed by atoms with E-state index in [0.717, 1.165) is 22.7 Å². The van der Waals surface area contributed by atoms with Crippen molar-refractivity contribution in [2.45, 2.75) is 38.3 Å². The first-order valence-electron chi connectivity index (χ1n) is 5.50. The second-order valence-corrected chi connectivity index (χ2v) is 5.17. The van der Waals surface area contributed by atoms with E-state index in [9.17, 15) is 0 Å². The molecule has 0 amide bonds. The molecule has 0 spiro atoms. The number of nitrogens with one attached hydrogen (secondary N) is 1. The maximum absolute atomic E-state index is 4.16. The van der Waals surface area contributed by atoms with Crippen LogP contribution in [0, 0.1) is 0 Å². The van der Waals surface area contributed by atoms with Gasteiger partial charge in [0.15, 0.2) is 0 Å². The Hall–Kier alpha value is -0.680. The van der Waals surface area contributed by atoms with E-state index in [1.807, 2.05) is 7.05 Å². The van der Waals surface area contributed by atoms with Crippen LogP contribution >= 0.6 is 11.3 Å². The van der Waals surface area contributed by atoms with Crippen molar-refractivity contribution in [3.63, 3.8) is 0 Å². The fourth-order valence-electron chi connectivity index (χ4n) is 2.11. The number of hydrogen-bond donors (Lipinski definition) is 1. The number of nitrogens with zero attached hydrogens (tertiary/aromatic N) is 3. The molecule has 0 radical (unpaired) electrons. The summed E-state index contributed by atoms with van der Waals surface area (Å²) in [5, 5.41) is 13.2. The van der Waals surface area contributed by atoms with E-state index >= 15 is 0 Å². The van der Waals surface area contributed by atoms with Crippen molar-refractivity contribution < 1.29 is 0 Å². The van der Waals surface area contributed by atoms with Gasteiger partial charge in [-0.1, -0.05) is 24.2 Å². The lowest BCUT2D eigenvalue weighted by Crippen LogP contribution is -2.28. The van der Waals surface area contributed by atoms with Gasteiger partial charge in [-0.25, -0.2) is 0 Å². The normalized spacial score (nSPS) is 17.5. The summed E-state index contributed by atoms with van der Waals surface area (Å²) < 4.78 is 0. The molecule has 1 aromatic heterocycles. The molecule has 0 atom stereocenters. The minimum atomic E-state index is 0.756. The molecule has 1 heterocycles. The van der Waals surface area contributed by atoms with Crippen LogP contribution in [0.5, 0.6) is 0 Å². The number of hydrogen-bond acceptors (Lipinski definition) is 5. The number of anilines is 1. The zero-order valence-corrected chi connectivity index (χ0v) is 10.2. The molecule has 0 bridgehead atoms. The molecule has 1 aliphatic rings. The monoisotopic (exact) mass is 226 g/mol. The van der Waals surface area contributed by atoms with Crippen molar-refractivity contribution in [2.75, 3.05) is 19.4 Å². The average molecular weight is 226 g/mol. The van der Waals surface area contributed by atoms with Gasteiger partial charge in [0.1, 0.15) is 5.01 Å². The minimum Gasteiger partial charge on any atom is -0.363 e. The van der Waals surface area contributed by atoms with Crippen LogP contribution in [-0.2, 0) is 6.54 Å². The Labute approximate surface area is 94.7 Å². The van der Waals surface area contributed by atoms with Gasteiger partial charge < -0.3 is 5.32 Å². The van der Waals surface area contributed by atoms with Crippen molar-refractivity contribution in [3.05, 3.63) is 5.01 Å². The van der Waals surface area contributed by atoms with Crippen LogP contribution in [0.25, 0.3) is 0 Å². The molecule has 0 aliphatic heterocycles. The van der Waals surface area contributed by atoms with Gasteiger partial charge in [-0.3, -0.25) is 4.90 Å². The first-order valence-corrected chi connectivity index (χ1v) is 6.31. The van der Waals surface area contributed by atoms with E-state index < -0.39 is 0 Å². The van der Waals surface area contributed by atoms with E-state index in [-0.39, 0.29) is 0 Å². The van der Waals surface area contributed by atoms with Gasteiger partial charge in [0.2, 0.25) is 5.13 Å². The van der Waals surface area contributed by atoms with Gasteiger partial charge in [-0.15, -0.1) is 10.2 Å². The second-order valence-electron chi connectivity index (χ2n) is 4.10. The molecular weight excluding hydrogens is 208 g/mol. The molecule has 2 rings (SSSR count). The van der Waals surface area contributed by atoms with Gasteiger partial charge in [-0.2, -0.15) is 0 Å². The van der Waals surface area contributed by atoms with E-state index in [4.69, 9.17) is 0 Å². The lowest BCUT2D eigenvalue weighted by atomic mass is 10.2. The molecule has 84 valence electrons. The highest BCUT2D eigenvalue weighted by Gasteiger charge is 2.20. The zero-order valence-electron chi connectivity index (χ0n) is 9.36. The Morgan fingerprint density at radius 3 is 2.73 bits per heavy atom. The molecule has 0 aromatic carbocycles. The Kier molecular flexibility index (Phi) is 3.53. The summed E-state index contributed by atoms with van der Waals surface area (Å²) >= 11 is 1.64. The Balaban J connectivity index is 1.89. The Bertz CT molecular complexity index is 306. The quantitative estimate of drug-likeness (QED) is 0.852. The molecule has 5 heteroatoms. The average Bonchev–Trinajstić information content (AvgIpc) is 2.87. The number of aromatic nitrogens is 2. The summed E-state index contributed by atoms with van der Waals surface area (Å²) in [7, 11) is 4.07. The molecule has 1 saturated carbocycles. The van der Waals surface area contributed by atoms with E-state index in [0.29, 0.717) is 0 Å². The summed E-state index contributed by atoms with van der Waals surface area (Å²) in [5.74, 6) is 0. The van der Waals surface area contributed by atoms with Gasteiger partial charge in [0.25, 0.3) is 0 Å². The predicted molar refractivity (Wildman–Crippen MR) is 63.2 cm³/mol. The zero-order chi connectivity index (χ0) is 10.7. The van der Waals surface area contributed by atoms with Gasteiger partial charge in [-0.05, 0) is 19.9 Å². The largest absolute Gasteiger partial charge is 0.363 e. The third-order valence-electron chi connectivity index (χ3n) is 3.01. The first kappa shape index (κ1) is 10.8. The van der Waals surface area contributed by atoms with Crippen LogP contribution in [-0.4, -0.2) is 35.2 Å². The molecule has 1 fully saturated rings. The fraction of sp³-hybridized carbons (Fsp3) is 0.800. The van der Waals surface area contributed by atoms with Crippen molar-refractivity contribution in [2.24, 2.45) is 0 Å². The highest BCUT2D eigenvalue weighted by molar-refractivity contribution is 7.15. The van der Waals surface area contributed by atoms with Gasteiger partial charge in [0, 0.05) is 13.1 Å². The van der Waals surface area contributed by atoms with E-state index in [1.165, 1.54) is 25.7 Å². The van der Waals surface area contributed by atoms with Crippen LogP contribution in [0.4, 0.5) is 5.13 Å². The number of rotatable bonds is 4. The van der Waals surface area contributed by atoms with Crippen LogP contribution < -0.4 is 5.32 Å². The van der Waals surface area contributed by atoms with Crippen LogP contribution in [0.15, 0.2) is 0 Å². The summed E-state index contributed by atoms with van der Waals surface area (Å²) in [6.45, 7) is 0.935. The third-order valence-corrected chi connectivity index (χ3v) is 3.94. The van der Waals surface area contributed by atoms with Crippen molar-refractivity contribution in [1.82, 2.24) is 15.1 Å². The maximum Gasteiger partial charge on any atom is 0.205 e. The highest BCUT2D eigenvalue weighted by Crippen LogP contribution is 2.24. The summed E-state index contributed by atoms with van der Waals surface area (Å²) in [5.41, 5.74) is 0. The van der Waals surface area contributed by atoms with Crippen molar-refractivity contribution in [1.29, 1.82) is 0 Å². The van der Waals surface area contributed by atoms with Crippen LogP contribution in [0.1, 0.15) is 30.7 Å². The molecular formula is C10H18N4S. The fourth-order valence-corrected chi connectivity index (χ4v) is 2.86. The molecule has 4 nitrogen and oxygen atoms in total. The van der Waals surface area contributed by atoms with E-state index in [1.54, 1.807) is 11.3 Å².